The molecule has 2 heterocycles. The van der Waals surface area contributed by atoms with Crippen molar-refractivity contribution in [2.75, 3.05) is 26.2 Å². The van der Waals surface area contributed by atoms with Crippen molar-refractivity contribution >= 4 is 6.21 Å². The number of halogens is 1. The van der Waals surface area contributed by atoms with E-state index < -0.39 is 0 Å². The van der Waals surface area contributed by atoms with E-state index >= 15 is 0 Å². The van der Waals surface area contributed by atoms with Gasteiger partial charge in [0.1, 0.15) is 0 Å². The molecule has 0 aromatic heterocycles. The average molecular weight is 353 g/mol. The van der Waals surface area contributed by atoms with Crippen molar-refractivity contribution in [3.63, 3.8) is 0 Å². The average Bonchev–Trinajstić information content (AvgIpc) is 3.15. The number of piperazine rings is 1. The van der Waals surface area contributed by atoms with Gasteiger partial charge in [0, 0.05) is 38.4 Å². The summed E-state index contributed by atoms with van der Waals surface area (Å²) in [5.74, 6) is 0.573. The Morgan fingerprint density at radius 1 is 1.16 bits per heavy atom. The molecule has 3 atom stereocenters. The highest BCUT2D eigenvalue weighted by atomic mass is 19.1. The van der Waals surface area contributed by atoms with Crippen LogP contribution in [-0.2, 0) is 0 Å². The van der Waals surface area contributed by atoms with Crippen molar-refractivity contribution in [2.45, 2.75) is 72.6 Å². The monoisotopic (exact) mass is 352 g/mol. The first-order valence-corrected chi connectivity index (χ1v) is 10.1. The van der Waals surface area contributed by atoms with Crippen LogP contribution in [0.25, 0.3) is 0 Å². The molecule has 1 N–H and O–H groups in total. The fourth-order valence-corrected chi connectivity index (χ4v) is 4.21. The van der Waals surface area contributed by atoms with Crippen LogP contribution in [0.5, 0.6) is 0 Å². The second-order valence-corrected chi connectivity index (χ2v) is 7.93. The molecule has 5 heteroatoms. The summed E-state index contributed by atoms with van der Waals surface area (Å²) in [5, 5.41) is 3.03. The van der Waals surface area contributed by atoms with Crippen LogP contribution in [0.2, 0.25) is 0 Å². The standard InChI is InChI=1S/C18H31FN4.C2H6/c1-4-18(2,3)14-5-6-16(11-14)22-7-9-23(10-8-22)17-20-12-15(19)13-21-17;1-2/h12-14,16-17,20H,4-11H2,1-3H3;1-2H3. The summed E-state index contributed by atoms with van der Waals surface area (Å²) in [6.07, 6.45) is 8.00. The summed E-state index contributed by atoms with van der Waals surface area (Å²) in [6.45, 7) is 15.4. The molecular formula is C20H37FN4. The van der Waals surface area contributed by atoms with Gasteiger partial charge in [0.15, 0.2) is 12.1 Å². The highest BCUT2D eigenvalue weighted by molar-refractivity contribution is 5.76. The second kappa shape index (κ2) is 9.13. The molecule has 25 heavy (non-hydrogen) atoms. The Bertz CT molecular complexity index is 466. The van der Waals surface area contributed by atoms with Gasteiger partial charge in [-0.1, -0.05) is 41.0 Å². The molecule has 0 radical (unpaired) electrons. The van der Waals surface area contributed by atoms with E-state index in [1.807, 2.05) is 13.8 Å². The maximum atomic E-state index is 13.0. The molecule has 3 rings (SSSR count). The zero-order valence-electron chi connectivity index (χ0n) is 16.8. The highest BCUT2D eigenvalue weighted by Gasteiger charge is 2.38. The van der Waals surface area contributed by atoms with Gasteiger partial charge in [-0.15, -0.1) is 0 Å². The first-order chi connectivity index (χ1) is 12.0. The molecule has 1 saturated carbocycles. The van der Waals surface area contributed by atoms with E-state index in [0.29, 0.717) is 5.41 Å². The third kappa shape index (κ3) is 5.04. The lowest BCUT2D eigenvalue weighted by atomic mass is 9.76. The Morgan fingerprint density at radius 2 is 1.80 bits per heavy atom. The van der Waals surface area contributed by atoms with Crippen LogP contribution in [0.4, 0.5) is 4.39 Å². The Hall–Kier alpha value is -0.940. The fourth-order valence-electron chi connectivity index (χ4n) is 4.21. The van der Waals surface area contributed by atoms with Crippen LogP contribution in [0, 0.1) is 11.3 Å². The molecule has 2 aliphatic heterocycles. The number of rotatable bonds is 4. The Kier molecular flexibility index (Phi) is 7.44. The molecular weight excluding hydrogens is 315 g/mol. The molecule has 0 amide bonds. The number of aliphatic imine (C=N–C) groups is 1. The summed E-state index contributed by atoms with van der Waals surface area (Å²) < 4.78 is 13.0. The minimum absolute atomic E-state index is 0.0907. The molecule has 0 bridgehead atoms. The van der Waals surface area contributed by atoms with Crippen molar-refractivity contribution in [2.24, 2.45) is 16.3 Å². The minimum atomic E-state index is -0.296. The predicted molar refractivity (Wildman–Crippen MR) is 104 cm³/mol. The number of allylic oxidation sites excluding steroid dienone is 1. The van der Waals surface area contributed by atoms with E-state index in [4.69, 9.17) is 0 Å². The lowest BCUT2D eigenvalue weighted by Gasteiger charge is -2.41. The third-order valence-electron chi connectivity index (χ3n) is 6.34. The van der Waals surface area contributed by atoms with Crippen LogP contribution >= 0.6 is 0 Å². The Morgan fingerprint density at radius 3 is 2.36 bits per heavy atom. The predicted octanol–water partition coefficient (Wildman–Crippen LogP) is 4.00. The first kappa shape index (κ1) is 20.4. The fraction of sp³-hybridized carbons (Fsp3) is 0.850. The summed E-state index contributed by atoms with van der Waals surface area (Å²) in [4.78, 5) is 9.22. The van der Waals surface area contributed by atoms with Gasteiger partial charge >= 0.3 is 0 Å². The van der Waals surface area contributed by atoms with Gasteiger partial charge < -0.3 is 5.32 Å². The number of nitrogens with zero attached hydrogens (tertiary/aromatic N) is 3. The lowest BCUT2D eigenvalue weighted by molar-refractivity contribution is 0.0619. The van der Waals surface area contributed by atoms with Crippen molar-refractivity contribution in [1.82, 2.24) is 15.1 Å². The summed E-state index contributed by atoms with van der Waals surface area (Å²) in [6, 6.07) is 0.758. The largest absolute Gasteiger partial charge is 0.355 e. The maximum absolute atomic E-state index is 13.0. The molecule has 3 unspecified atom stereocenters. The molecule has 144 valence electrons. The third-order valence-corrected chi connectivity index (χ3v) is 6.34. The van der Waals surface area contributed by atoms with Gasteiger partial charge in [-0.3, -0.25) is 14.8 Å². The van der Waals surface area contributed by atoms with Crippen LogP contribution in [-0.4, -0.2) is 54.5 Å². The normalized spacial score (nSPS) is 31.1. The number of nitrogens with one attached hydrogen (secondary N) is 1. The summed E-state index contributed by atoms with van der Waals surface area (Å²) >= 11 is 0. The van der Waals surface area contributed by atoms with Crippen LogP contribution in [0.3, 0.4) is 0 Å². The lowest BCUT2D eigenvalue weighted by Crippen LogP contribution is -2.55. The van der Waals surface area contributed by atoms with Gasteiger partial charge in [-0.05, 0) is 30.6 Å². The van der Waals surface area contributed by atoms with Crippen molar-refractivity contribution in [1.29, 1.82) is 0 Å². The van der Waals surface area contributed by atoms with Crippen molar-refractivity contribution in [3.05, 3.63) is 12.0 Å². The second-order valence-electron chi connectivity index (χ2n) is 7.93. The SMILES string of the molecule is CC.CCC(C)(C)C1CCC(N2CCN(C3N=CC(F)=CN3)CC2)C1. The Balaban J connectivity index is 0.00000109. The van der Waals surface area contributed by atoms with E-state index in [1.54, 1.807) is 0 Å². The van der Waals surface area contributed by atoms with Gasteiger partial charge in [0.25, 0.3) is 0 Å². The van der Waals surface area contributed by atoms with E-state index in [0.717, 1.165) is 38.1 Å². The quantitative estimate of drug-likeness (QED) is 0.829. The number of hydrogen-bond acceptors (Lipinski definition) is 4. The van der Waals surface area contributed by atoms with Crippen LogP contribution < -0.4 is 5.32 Å². The molecule has 1 aliphatic carbocycles. The van der Waals surface area contributed by atoms with Gasteiger partial charge in [0.05, 0.1) is 6.21 Å². The zero-order chi connectivity index (χ0) is 18.4. The van der Waals surface area contributed by atoms with Gasteiger partial charge in [0.2, 0.25) is 0 Å². The molecule has 0 spiro atoms. The van der Waals surface area contributed by atoms with E-state index in [1.165, 1.54) is 38.1 Å². The van der Waals surface area contributed by atoms with Gasteiger partial charge in [-0.2, -0.15) is 0 Å². The maximum Gasteiger partial charge on any atom is 0.176 e. The topological polar surface area (TPSA) is 30.9 Å². The van der Waals surface area contributed by atoms with Gasteiger partial charge in [-0.25, -0.2) is 4.39 Å². The van der Waals surface area contributed by atoms with Crippen molar-refractivity contribution in [3.8, 4) is 0 Å². The van der Waals surface area contributed by atoms with Crippen LogP contribution in [0.15, 0.2) is 17.0 Å². The molecule has 4 nitrogen and oxygen atoms in total. The summed E-state index contributed by atoms with van der Waals surface area (Å²) in [7, 11) is 0. The molecule has 2 fully saturated rings. The smallest absolute Gasteiger partial charge is 0.176 e. The van der Waals surface area contributed by atoms with Crippen molar-refractivity contribution < 1.29 is 4.39 Å². The summed E-state index contributed by atoms with van der Waals surface area (Å²) in [5.41, 5.74) is 0.480. The van der Waals surface area contributed by atoms with E-state index in [9.17, 15) is 4.39 Å². The molecule has 0 aromatic rings. The first-order valence-electron chi connectivity index (χ1n) is 10.1. The highest BCUT2D eigenvalue weighted by Crippen LogP contribution is 2.43. The molecule has 0 aromatic carbocycles. The molecule has 3 aliphatic rings. The zero-order valence-corrected chi connectivity index (χ0v) is 16.8. The number of hydrogen-bond donors (Lipinski definition) is 1. The van der Waals surface area contributed by atoms with E-state index in [2.05, 4.69) is 40.9 Å². The van der Waals surface area contributed by atoms with E-state index in [-0.39, 0.29) is 12.1 Å². The minimum Gasteiger partial charge on any atom is -0.355 e. The Labute approximate surface area is 153 Å². The molecule has 1 saturated heterocycles. The van der Waals surface area contributed by atoms with Crippen LogP contribution in [0.1, 0.15) is 60.3 Å².